The first kappa shape index (κ1) is 18.6. The maximum atomic E-state index is 13.1. The summed E-state index contributed by atoms with van der Waals surface area (Å²) in [6, 6.07) is 3.15. The van der Waals surface area contributed by atoms with E-state index in [9.17, 15) is 13.2 Å². The highest BCUT2D eigenvalue weighted by Crippen LogP contribution is 2.35. The molecule has 1 aliphatic rings. The van der Waals surface area contributed by atoms with Crippen LogP contribution in [0.3, 0.4) is 0 Å². The van der Waals surface area contributed by atoms with Gasteiger partial charge in [0.1, 0.15) is 16.3 Å². The van der Waals surface area contributed by atoms with Gasteiger partial charge in [-0.2, -0.15) is 4.31 Å². The van der Waals surface area contributed by atoms with Gasteiger partial charge in [0.25, 0.3) is 0 Å². The van der Waals surface area contributed by atoms with Crippen molar-refractivity contribution in [2.75, 3.05) is 46.3 Å². The topological polar surface area (TPSA) is 91.8 Å². The molecule has 0 aliphatic carbocycles. The zero-order chi connectivity index (χ0) is 18.0. The largest absolute Gasteiger partial charge is 0.382 e. The number of carbonyl (C=O) groups is 1. The molecule has 0 saturated carbocycles. The van der Waals surface area contributed by atoms with Crippen LogP contribution in [0.5, 0.6) is 0 Å². The fraction of sp³-hybridized carbons (Fsp3) is 0.600. The number of carbonyl (C=O) groups excluding carboxylic acids is 1. The molecule has 134 valence electrons. The minimum atomic E-state index is -3.85. The lowest BCUT2D eigenvalue weighted by atomic mass is 9.97. The van der Waals surface area contributed by atoms with Gasteiger partial charge >= 0.3 is 0 Å². The molecule has 1 aromatic rings. The minimum Gasteiger partial charge on any atom is -0.382 e. The van der Waals surface area contributed by atoms with E-state index in [4.69, 9.17) is 4.74 Å². The number of hydrogen-bond donors (Lipinski definition) is 1. The van der Waals surface area contributed by atoms with Gasteiger partial charge < -0.3 is 15.0 Å². The molecule has 24 heavy (non-hydrogen) atoms. The maximum absolute atomic E-state index is 13.1. The number of nitrogens with zero attached hydrogens (tertiary/aromatic N) is 3. The van der Waals surface area contributed by atoms with Gasteiger partial charge in [-0.15, -0.1) is 0 Å². The van der Waals surface area contributed by atoms with Crippen LogP contribution in [0.15, 0.2) is 23.2 Å². The standard InChI is InChI=1S/C15H24N4O4S/c1-16-14(20)15(11-23-4)8-5-9-19(15)24(21,22)12-6-7-13(17-10-12)18(2)3/h6-7,10H,5,8-9,11H2,1-4H3,(H,16,20). The number of anilines is 1. The van der Waals surface area contributed by atoms with E-state index in [1.54, 1.807) is 11.0 Å². The number of likely N-dealkylation sites (N-methyl/N-ethyl adjacent to an activating group) is 1. The molecule has 1 amide bonds. The van der Waals surface area contributed by atoms with E-state index in [0.29, 0.717) is 18.7 Å². The lowest BCUT2D eigenvalue weighted by Crippen LogP contribution is -2.59. The quantitative estimate of drug-likeness (QED) is 0.775. The number of aromatic nitrogens is 1. The number of sulfonamides is 1. The van der Waals surface area contributed by atoms with Crippen molar-refractivity contribution in [3.8, 4) is 0 Å². The van der Waals surface area contributed by atoms with E-state index in [0.717, 1.165) is 0 Å². The molecule has 0 spiro atoms. The second-order valence-electron chi connectivity index (χ2n) is 5.97. The van der Waals surface area contributed by atoms with Gasteiger partial charge in [0, 0.05) is 41.0 Å². The predicted octanol–water partition coefficient (Wildman–Crippen LogP) is 0.0633. The Morgan fingerprint density at radius 3 is 2.67 bits per heavy atom. The summed E-state index contributed by atoms with van der Waals surface area (Å²) in [6.07, 6.45) is 2.34. The zero-order valence-electron chi connectivity index (χ0n) is 14.4. The summed E-state index contributed by atoms with van der Waals surface area (Å²) in [5.74, 6) is 0.299. The van der Waals surface area contributed by atoms with Crippen molar-refractivity contribution in [2.24, 2.45) is 0 Å². The van der Waals surface area contributed by atoms with E-state index in [1.165, 1.54) is 30.7 Å². The summed E-state index contributed by atoms with van der Waals surface area (Å²) in [4.78, 5) is 18.5. The van der Waals surface area contributed by atoms with E-state index >= 15 is 0 Å². The van der Waals surface area contributed by atoms with Gasteiger partial charge in [0.15, 0.2) is 0 Å². The van der Waals surface area contributed by atoms with Gasteiger partial charge in [-0.05, 0) is 25.0 Å². The van der Waals surface area contributed by atoms with Crippen molar-refractivity contribution in [1.82, 2.24) is 14.6 Å². The van der Waals surface area contributed by atoms with E-state index in [1.807, 2.05) is 14.1 Å². The van der Waals surface area contributed by atoms with Crippen LogP contribution in [-0.2, 0) is 19.6 Å². The Morgan fingerprint density at radius 2 is 2.17 bits per heavy atom. The molecule has 1 fully saturated rings. The SMILES string of the molecule is CNC(=O)C1(COC)CCCN1S(=O)(=O)c1ccc(N(C)C)nc1. The average Bonchev–Trinajstić information content (AvgIpc) is 3.00. The predicted molar refractivity (Wildman–Crippen MR) is 90.4 cm³/mol. The van der Waals surface area contributed by atoms with E-state index < -0.39 is 15.6 Å². The molecule has 1 aromatic heterocycles. The lowest BCUT2D eigenvalue weighted by molar-refractivity contribution is -0.131. The molecule has 1 unspecified atom stereocenters. The highest BCUT2D eigenvalue weighted by molar-refractivity contribution is 7.89. The number of ether oxygens (including phenoxy) is 1. The monoisotopic (exact) mass is 356 g/mol. The third-order valence-electron chi connectivity index (χ3n) is 4.23. The molecule has 0 radical (unpaired) electrons. The second kappa shape index (κ2) is 7.04. The van der Waals surface area contributed by atoms with Crippen LogP contribution in [0.4, 0.5) is 5.82 Å². The van der Waals surface area contributed by atoms with Crippen LogP contribution < -0.4 is 10.2 Å². The molecule has 2 rings (SSSR count). The van der Waals surface area contributed by atoms with Crippen molar-refractivity contribution in [1.29, 1.82) is 0 Å². The van der Waals surface area contributed by atoms with Gasteiger partial charge in [0.05, 0.1) is 6.61 Å². The van der Waals surface area contributed by atoms with Crippen molar-refractivity contribution < 1.29 is 17.9 Å². The van der Waals surface area contributed by atoms with Crippen LogP contribution >= 0.6 is 0 Å². The number of methoxy groups -OCH3 is 1. The van der Waals surface area contributed by atoms with Gasteiger partial charge in [-0.1, -0.05) is 0 Å². The molecule has 1 aliphatic heterocycles. The summed E-state index contributed by atoms with van der Waals surface area (Å²) in [5.41, 5.74) is -1.22. The van der Waals surface area contributed by atoms with Crippen molar-refractivity contribution in [2.45, 2.75) is 23.3 Å². The minimum absolute atomic E-state index is 0.00904. The first-order valence-corrected chi connectivity index (χ1v) is 9.11. The molecule has 1 N–H and O–H groups in total. The summed E-state index contributed by atoms with van der Waals surface area (Å²) in [7, 11) is 2.75. The second-order valence-corrected chi connectivity index (χ2v) is 7.83. The molecule has 0 aromatic carbocycles. The van der Waals surface area contributed by atoms with Crippen LogP contribution in [0, 0.1) is 0 Å². The zero-order valence-corrected chi connectivity index (χ0v) is 15.3. The highest BCUT2D eigenvalue weighted by atomic mass is 32.2. The van der Waals surface area contributed by atoms with Crippen molar-refractivity contribution in [3.63, 3.8) is 0 Å². The molecular weight excluding hydrogens is 332 g/mol. The molecule has 8 nitrogen and oxygen atoms in total. The van der Waals surface area contributed by atoms with Gasteiger partial charge in [0.2, 0.25) is 15.9 Å². The van der Waals surface area contributed by atoms with Crippen molar-refractivity contribution >= 4 is 21.7 Å². The van der Waals surface area contributed by atoms with Crippen LogP contribution in [0.25, 0.3) is 0 Å². The van der Waals surface area contributed by atoms with E-state index in [-0.39, 0.29) is 24.0 Å². The van der Waals surface area contributed by atoms with Crippen LogP contribution in [-0.4, -0.2) is 70.6 Å². The Labute approximate surface area is 142 Å². The van der Waals surface area contributed by atoms with Crippen LogP contribution in [0.1, 0.15) is 12.8 Å². The molecule has 0 bridgehead atoms. The smallest absolute Gasteiger partial charge is 0.245 e. The lowest BCUT2D eigenvalue weighted by Gasteiger charge is -2.35. The van der Waals surface area contributed by atoms with Gasteiger partial charge in [-0.25, -0.2) is 13.4 Å². The summed E-state index contributed by atoms with van der Waals surface area (Å²) in [6.45, 7) is 0.281. The molecular formula is C15H24N4O4S. The summed E-state index contributed by atoms with van der Waals surface area (Å²) < 4.78 is 32.5. The van der Waals surface area contributed by atoms with Gasteiger partial charge in [-0.3, -0.25) is 4.79 Å². The first-order valence-electron chi connectivity index (χ1n) is 7.67. The molecule has 1 atom stereocenters. The van der Waals surface area contributed by atoms with E-state index in [2.05, 4.69) is 10.3 Å². The fourth-order valence-electron chi connectivity index (χ4n) is 3.03. The summed E-state index contributed by atoms with van der Waals surface area (Å²) in [5, 5.41) is 2.56. The third-order valence-corrected chi connectivity index (χ3v) is 6.18. The Kier molecular flexibility index (Phi) is 5.46. The number of pyridine rings is 1. The van der Waals surface area contributed by atoms with Crippen molar-refractivity contribution in [3.05, 3.63) is 18.3 Å². The first-order chi connectivity index (χ1) is 11.3. The molecule has 2 heterocycles. The molecule has 9 heteroatoms. The fourth-order valence-corrected chi connectivity index (χ4v) is 4.77. The highest BCUT2D eigenvalue weighted by Gasteiger charge is 2.52. The Bertz CT molecular complexity index is 690. The Balaban J connectivity index is 2.44. The summed E-state index contributed by atoms with van der Waals surface area (Å²) >= 11 is 0. The number of rotatable bonds is 6. The Morgan fingerprint density at radius 1 is 1.46 bits per heavy atom. The normalized spacial score (nSPS) is 21.7. The molecule has 1 saturated heterocycles. The number of nitrogens with one attached hydrogen (secondary N) is 1. The van der Waals surface area contributed by atoms with Crippen LogP contribution in [0.2, 0.25) is 0 Å². The maximum Gasteiger partial charge on any atom is 0.245 e. The number of hydrogen-bond acceptors (Lipinski definition) is 6. The Hall–Kier alpha value is -1.71. The number of amides is 1. The third kappa shape index (κ3) is 3.11. The average molecular weight is 356 g/mol.